The molecule has 0 N–H and O–H groups in total. The van der Waals surface area contributed by atoms with Gasteiger partial charge in [0, 0.05) is 9.13 Å². The monoisotopic (exact) mass is 99.1 g/mol. The number of hydrogen-bond acceptors (Lipinski definition) is 0. The summed E-state index contributed by atoms with van der Waals surface area (Å²) in [5, 5.41) is 0. The molecule has 0 rings (SSSR count). The third-order valence-electron chi connectivity index (χ3n) is 0.707. The average Bonchev–Trinajstić information content (AvgIpc) is 1.61. The van der Waals surface area contributed by atoms with E-state index in [2.05, 4.69) is 13.1 Å². The molecule has 0 unspecified atom stereocenters. The van der Waals surface area contributed by atoms with Gasteiger partial charge in [0.2, 0.25) is 0 Å². The maximum atomic E-state index is 3.75. The van der Waals surface area contributed by atoms with E-state index in [0.29, 0.717) is 0 Å². The van der Waals surface area contributed by atoms with Crippen molar-refractivity contribution in [1.29, 1.82) is 0 Å². The summed E-state index contributed by atoms with van der Waals surface area (Å²) in [5.41, 5.74) is 0. The lowest BCUT2D eigenvalue weighted by Gasteiger charge is -1.81. The molecule has 0 saturated heterocycles. The minimum atomic E-state index is 0.915. The molecule has 1 heteroatoms. The standard InChI is InChI=1S/C5H11Si/c1-3-4-5-6-2/h2-5H2,1H3. The molecule has 0 heterocycles. The molecule has 6 heavy (non-hydrogen) atoms. The van der Waals surface area contributed by atoms with Gasteiger partial charge in [0.25, 0.3) is 0 Å². The van der Waals surface area contributed by atoms with Gasteiger partial charge in [-0.15, -0.1) is 6.17 Å². The van der Waals surface area contributed by atoms with E-state index in [4.69, 9.17) is 0 Å². The van der Waals surface area contributed by atoms with Crippen LogP contribution >= 0.6 is 0 Å². The first-order valence-corrected chi connectivity index (χ1v) is 3.83. The van der Waals surface area contributed by atoms with E-state index in [1.54, 1.807) is 0 Å². The SMILES string of the molecule is C=[Si]CCCC. The Morgan fingerprint density at radius 2 is 2.33 bits per heavy atom. The molecule has 0 aromatic rings. The summed E-state index contributed by atoms with van der Waals surface area (Å²) in [7, 11) is 0.915. The predicted molar refractivity (Wildman–Crippen MR) is 32.6 cm³/mol. The van der Waals surface area contributed by atoms with E-state index in [-0.39, 0.29) is 0 Å². The van der Waals surface area contributed by atoms with Crippen LogP contribution in [0.2, 0.25) is 6.04 Å². The lowest BCUT2D eigenvalue weighted by molar-refractivity contribution is 0.883. The highest BCUT2D eigenvalue weighted by Crippen LogP contribution is 1.88. The molecule has 35 valence electrons. The van der Waals surface area contributed by atoms with Crippen molar-refractivity contribution in [2.24, 2.45) is 0 Å². The first-order valence-electron chi connectivity index (χ1n) is 2.41. The van der Waals surface area contributed by atoms with Crippen LogP contribution in [0, 0.1) is 0 Å². The van der Waals surface area contributed by atoms with E-state index in [9.17, 15) is 0 Å². The van der Waals surface area contributed by atoms with Crippen LogP contribution in [0.25, 0.3) is 0 Å². The Labute approximate surface area is 42.0 Å². The summed E-state index contributed by atoms with van der Waals surface area (Å²) >= 11 is 0. The second-order valence-electron chi connectivity index (χ2n) is 1.35. The van der Waals surface area contributed by atoms with Crippen molar-refractivity contribution in [1.82, 2.24) is 0 Å². The molecule has 1 radical (unpaired) electrons. The Morgan fingerprint density at radius 1 is 1.67 bits per heavy atom. The van der Waals surface area contributed by atoms with E-state index in [1.807, 2.05) is 0 Å². The molecule has 0 aromatic carbocycles. The van der Waals surface area contributed by atoms with Gasteiger partial charge < -0.3 is 0 Å². The van der Waals surface area contributed by atoms with Crippen LogP contribution in [0.5, 0.6) is 0 Å². The van der Waals surface area contributed by atoms with Crippen LogP contribution < -0.4 is 0 Å². The van der Waals surface area contributed by atoms with Gasteiger partial charge in [-0.25, -0.2) is 0 Å². The van der Waals surface area contributed by atoms with Crippen LogP contribution in [0.1, 0.15) is 19.8 Å². The lowest BCUT2D eigenvalue weighted by atomic mass is 10.4. The van der Waals surface area contributed by atoms with Gasteiger partial charge in [-0.2, -0.15) is 0 Å². The summed E-state index contributed by atoms with van der Waals surface area (Å²) in [6.45, 7) is 2.21. The van der Waals surface area contributed by atoms with Crippen LogP contribution in [-0.4, -0.2) is 15.3 Å². The molecule has 0 bridgehead atoms. The molecular weight excluding hydrogens is 88.1 g/mol. The van der Waals surface area contributed by atoms with E-state index in [0.717, 1.165) is 9.13 Å². The minimum Gasteiger partial charge on any atom is -0.118 e. The van der Waals surface area contributed by atoms with Gasteiger partial charge in [-0.3, -0.25) is 0 Å². The zero-order valence-electron chi connectivity index (χ0n) is 4.33. The molecule has 0 aliphatic heterocycles. The first-order chi connectivity index (χ1) is 2.91. The highest BCUT2D eigenvalue weighted by atomic mass is 28.2. The summed E-state index contributed by atoms with van der Waals surface area (Å²) in [6, 6.07) is 1.33. The molecule has 0 atom stereocenters. The maximum absolute atomic E-state index is 3.75. The molecule has 0 amide bonds. The fourth-order valence-corrected chi connectivity index (χ4v) is 0.905. The smallest absolute Gasteiger partial charge is 0.0110 e. The quantitative estimate of drug-likeness (QED) is 0.370. The number of hydrogen-bond donors (Lipinski definition) is 0. The van der Waals surface area contributed by atoms with Crippen LogP contribution in [0.4, 0.5) is 0 Å². The third kappa shape index (κ3) is 4.09. The zero-order valence-corrected chi connectivity index (χ0v) is 5.33. The summed E-state index contributed by atoms with van der Waals surface area (Å²) in [4.78, 5) is 0. The summed E-state index contributed by atoms with van der Waals surface area (Å²) < 4.78 is 0. The van der Waals surface area contributed by atoms with Crippen molar-refractivity contribution in [2.75, 3.05) is 0 Å². The second kappa shape index (κ2) is 5.09. The lowest BCUT2D eigenvalue weighted by Crippen LogP contribution is -1.71. The van der Waals surface area contributed by atoms with E-state index < -0.39 is 0 Å². The molecule has 0 spiro atoms. The fraction of sp³-hybridized carbons (Fsp3) is 0.800. The fourth-order valence-electron chi connectivity index (χ4n) is 0.302. The molecular formula is C5H11Si. The highest BCUT2D eigenvalue weighted by Gasteiger charge is 1.72. The second-order valence-corrected chi connectivity index (χ2v) is 2.35. The van der Waals surface area contributed by atoms with Crippen LogP contribution in [0.15, 0.2) is 0 Å². The Morgan fingerprint density at radius 3 is 2.50 bits per heavy atom. The van der Waals surface area contributed by atoms with Crippen molar-refractivity contribution >= 4 is 15.3 Å². The topological polar surface area (TPSA) is 0 Å². The maximum Gasteiger partial charge on any atom is 0.0110 e. The van der Waals surface area contributed by atoms with Crippen LogP contribution in [0.3, 0.4) is 0 Å². The Bertz CT molecular complexity index is 32.9. The van der Waals surface area contributed by atoms with Gasteiger partial charge in [0.05, 0.1) is 0 Å². The van der Waals surface area contributed by atoms with Crippen LogP contribution in [-0.2, 0) is 0 Å². The Kier molecular flexibility index (Phi) is 5.16. The highest BCUT2D eigenvalue weighted by molar-refractivity contribution is 6.40. The van der Waals surface area contributed by atoms with Gasteiger partial charge >= 0.3 is 0 Å². The minimum absolute atomic E-state index is 0.915. The van der Waals surface area contributed by atoms with E-state index >= 15 is 0 Å². The molecule has 0 aromatic heterocycles. The molecule has 0 aliphatic carbocycles. The molecule has 0 aliphatic rings. The number of rotatable bonds is 3. The van der Waals surface area contributed by atoms with Crippen molar-refractivity contribution in [2.45, 2.75) is 25.8 Å². The summed E-state index contributed by atoms with van der Waals surface area (Å²) in [6.07, 6.45) is 6.44. The molecule has 0 fully saturated rings. The normalized spacial score (nSPS) is 8.17. The summed E-state index contributed by atoms with van der Waals surface area (Å²) in [5.74, 6) is 0. The predicted octanol–water partition coefficient (Wildman–Crippen LogP) is 1.34. The third-order valence-corrected chi connectivity index (χ3v) is 1.41. The molecule has 0 nitrogen and oxygen atoms in total. The van der Waals surface area contributed by atoms with Gasteiger partial charge in [-0.1, -0.05) is 19.8 Å². The van der Waals surface area contributed by atoms with Gasteiger partial charge in [0.1, 0.15) is 0 Å². The van der Waals surface area contributed by atoms with Gasteiger partial charge in [0.15, 0.2) is 0 Å². The van der Waals surface area contributed by atoms with Crippen molar-refractivity contribution in [3.05, 3.63) is 0 Å². The largest absolute Gasteiger partial charge is 0.118 e. The van der Waals surface area contributed by atoms with Crippen molar-refractivity contribution < 1.29 is 0 Å². The average molecular weight is 99.2 g/mol. The van der Waals surface area contributed by atoms with Crippen molar-refractivity contribution in [3.8, 4) is 0 Å². The van der Waals surface area contributed by atoms with Gasteiger partial charge in [-0.05, 0) is 6.04 Å². The zero-order chi connectivity index (χ0) is 4.83. The Balaban J connectivity index is 2.49. The Hall–Kier alpha value is 0.0869. The molecule has 0 saturated carbocycles. The van der Waals surface area contributed by atoms with E-state index in [1.165, 1.54) is 18.9 Å². The number of unbranched alkanes of at least 4 members (excludes halogenated alkanes) is 1. The van der Waals surface area contributed by atoms with Crippen molar-refractivity contribution in [3.63, 3.8) is 0 Å². The first kappa shape index (κ1) is 6.09.